The van der Waals surface area contributed by atoms with Gasteiger partial charge in [-0.05, 0) is 29.7 Å². The number of amides is 3. The molecule has 3 aromatic rings. The highest BCUT2D eigenvalue weighted by Crippen LogP contribution is 2.21. The highest BCUT2D eigenvalue weighted by atomic mass is 32.2. The molecule has 1 unspecified atom stereocenters. The number of aromatic nitrogens is 3. The molecule has 3 atom stereocenters. The summed E-state index contributed by atoms with van der Waals surface area (Å²) in [7, 11) is -1.85. The third kappa shape index (κ3) is 11.4. The van der Waals surface area contributed by atoms with E-state index in [1.54, 1.807) is 30.3 Å². The Labute approximate surface area is 267 Å². The van der Waals surface area contributed by atoms with Crippen LogP contribution in [0.25, 0.3) is 0 Å². The van der Waals surface area contributed by atoms with E-state index < -0.39 is 64.9 Å². The van der Waals surface area contributed by atoms with Crippen molar-refractivity contribution in [2.75, 3.05) is 18.9 Å². The fourth-order valence-corrected chi connectivity index (χ4v) is 5.13. The molecule has 16 heteroatoms. The van der Waals surface area contributed by atoms with Gasteiger partial charge in [0.05, 0.1) is 0 Å². The molecule has 1 heterocycles. The number of carbonyl (C=O) groups is 5. The van der Waals surface area contributed by atoms with Crippen molar-refractivity contribution in [2.45, 2.75) is 56.3 Å². The highest BCUT2D eigenvalue weighted by Gasteiger charge is 2.28. The Morgan fingerprint density at radius 2 is 1.65 bits per heavy atom. The van der Waals surface area contributed by atoms with Crippen molar-refractivity contribution < 1.29 is 43.1 Å². The Kier molecular flexibility index (Phi) is 13.8. The molecule has 0 aliphatic heterocycles. The Balaban J connectivity index is 1.84. The lowest BCUT2D eigenvalue weighted by Crippen LogP contribution is -2.55. The first kappa shape index (κ1) is 35.4. The lowest BCUT2D eigenvalue weighted by atomic mass is 10.0. The van der Waals surface area contributed by atoms with Crippen LogP contribution in [0.2, 0.25) is 0 Å². The largest absolute Gasteiger partial charge is 0.481 e. The predicted octanol–water partition coefficient (Wildman–Crippen LogP) is 0.835. The number of hydrogen-bond acceptors (Lipinski definition) is 9. The van der Waals surface area contributed by atoms with Gasteiger partial charge in [0.25, 0.3) is 0 Å². The standard InChI is InChI=1S/C30H36N6O9S/c1-2-3-7-12-31-27(40)22(15-20-10-11-24(45-16-26(38)39)21(13-20)29(42)43)35-28(41)23(14-19-8-5-4-6-9-19)34-25(37)17-46(44)30-32-18-33-36-30/h4-6,8-11,13,18,22-23H,2-3,7,12,14-17H2,1H3,(H,31,40)(H,34,37)(H,35,41)(H,38,39)(H,42,43)(H,32,33,36)/t22-,23-,46?/m0/s1. The smallest absolute Gasteiger partial charge is 0.341 e. The van der Waals surface area contributed by atoms with E-state index in [4.69, 9.17) is 9.84 Å². The highest BCUT2D eigenvalue weighted by molar-refractivity contribution is 7.85. The average molecular weight is 657 g/mol. The fraction of sp³-hybridized carbons (Fsp3) is 0.367. The second-order valence-corrected chi connectivity index (χ2v) is 11.5. The molecule has 0 bridgehead atoms. The summed E-state index contributed by atoms with van der Waals surface area (Å²) in [5.74, 6) is -5.25. The molecule has 0 aliphatic carbocycles. The maximum absolute atomic E-state index is 13.7. The Hall–Kier alpha value is -5.12. The van der Waals surface area contributed by atoms with Gasteiger partial charge in [0.15, 0.2) is 6.61 Å². The van der Waals surface area contributed by atoms with Crippen molar-refractivity contribution in [3.63, 3.8) is 0 Å². The summed E-state index contributed by atoms with van der Waals surface area (Å²) in [6, 6.07) is 10.5. The normalized spacial score (nSPS) is 12.7. The topological polar surface area (TPSA) is 230 Å². The van der Waals surface area contributed by atoms with Crippen molar-refractivity contribution in [2.24, 2.45) is 0 Å². The van der Waals surface area contributed by atoms with Gasteiger partial charge in [-0.3, -0.25) is 23.7 Å². The lowest BCUT2D eigenvalue weighted by Gasteiger charge is -2.24. The monoisotopic (exact) mass is 656 g/mol. The maximum atomic E-state index is 13.7. The third-order valence-electron chi connectivity index (χ3n) is 6.58. The molecule has 246 valence electrons. The number of carbonyl (C=O) groups excluding carboxylic acids is 3. The molecule has 46 heavy (non-hydrogen) atoms. The van der Waals surface area contributed by atoms with E-state index in [1.807, 2.05) is 6.92 Å². The van der Waals surface area contributed by atoms with Crippen molar-refractivity contribution >= 4 is 40.5 Å². The predicted molar refractivity (Wildman–Crippen MR) is 164 cm³/mol. The molecule has 0 saturated carbocycles. The molecule has 1 aromatic heterocycles. The number of nitrogens with zero attached hydrogens (tertiary/aromatic N) is 2. The number of aromatic amines is 1. The van der Waals surface area contributed by atoms with E-state index in [0.717, 1.165) is 19.2 Å². The van der Waals surface area contributed by atoms with Gasteiger partial charge in [-0.15, -0.1) is 0 Å². The zero-order valence-corrected chi connectivity index (χ0v) is 25.9. The molecule has 6 N–H and O–H groups in total. The van der Waals surface area contributed by atoms with Crippen molar-refractivity contribution in [1.82, 2.24) is 31.1 Å². The van der Waals surface area contributed by atoms with Crippen LogP contribution in [-0.4, -0.2) is 90.3 Å². The zero-order valence-electron chi connectivity index (χ0n) is 25.1. The molecule has 0 aliphatic rings. The number of nitrogens with one attached hydrogen (secondary N) is 4. The molecule has 0 fully saturated rings. The van der Waals surface area contributed by atoms with E-state index in [-0.39, 0.29) is 29.3 Å². The summed E-state index contributed by atoms with van der Waals surface area (Å²) in [6.45, 7) is 1.61. The van der Waals surface area contributed by atoms with Crippen molar-refractivity contribution in [1.29, 1.82) is 0 Å². The van der Waals surface area contributed by atoms with Crippen molar-refractivity contribution in [3.05, 3.63) is 71.5 Å². The third-order valence-corrected chi connectivity index (χ3v) is 7.74. The van der Waals surface area contributed by atoms with Gasteiger partial charge < -0.3 is 30.9 Å². The number of carboxylic acid groups (broad SMARTS) is 2. The molecule has 2 aromatic carbocycles. The summed E-state index contributed by atoms with van der Waals surface area (Å²) in [5, 5.41) is 32.7. The SMILES string of the molecule is CCCCCNC(=O)[C@H](Cc1ccc(OCC(=O)O)c(C(=O)O)c1)NC(=O)[C@H](Cc1ccccc1)NC(=O)CS(=O)c1ncn[nH]1. The number of aromatic carboxylic acids is 1. The average Bonchev–Trinajstić information content (AvgIpc) is 3.57. The molecule has 3 amide bonds. The van der Waals surface area contributed by atoms with Gasteiger partial charge >= 0.3 is 11.9 Å². The number of unbranched alkanes of at least 4 members (excludes halogenated alkanes) is 2. The minimum absolute atomic E-state index is 0.000807. The van der Waals surface area contributed by atoms with Gasteiger partial charge in [0.1, 0.15) is 46.3 Å². The molecule has 15 nitrogen and oxygen atoms in total. The summed E-state index contributed by atoms with van der Waals surface area (Å²) in [6.07, 6.45) is 3.57. The van der Waals surface area contributed by atoms with Crippen LogP contribution in [0.4, 0.5) is 0 Å². The second kappa shape index (κ2) is 18.0. The number of H-pyrrole nitrogens is 1. The number of carboxylic acids is 2. The molecule has 0 saturated heterocycles. The number of hydrogen-bond donors (Lipinski definition) is 6. The number of rotatable bonds is 19. The van der Waals surface area contributed by atoms with E-state index in [1.165, 1.54) is 18.2 Å². The van der Waals surface area contributed by atoms with Crippen LogP contribution < -0.4 is 20.7 Å². The van der Waals surface area contributed by atoms with Crippen molar-refractivity contribution in [3.8, 4) is 5.75 Å². The minimum atomic E-state index is -1.85. The Morgan fingerprint density at radius 3 is 2.30 bits per heavy atom. The number of aliphatic carboxylic acids is 1. The molecular formula is C30H36N6O9S. The maximum Gasteiger partial charge on any atom is 0.341 e. The number of ether oxygens (including phenoxy) is 1. The summed E-state index contributed by atoms with van der Waals surface area (Å²) >= 11 is 0. The first-order valence-electron chi connectivity index (χ1n) is 14.4. The van der Waals surface area contributed by atoms with Crippen LogP contribution in [0.5, 0.6) is 5.75 Å². The van der Waals surface area contributed by atoms with E-state index in [0.29, 0.717) is 24.1 Å². The van der Waals surface area contributed by atoms with Gasteiger partial charge in [-0.25, -0.2) is 14.6 Å². The van der Waals surface area contributed by atoms with Crippen LogP contribution in [-0.2, 0) is 42.8 Å². The van der Waals surface area contributed by atoms with E-state index in [9.17, 15) is 33.3 Å². The quantitative estimate of drug-likeness (QED) is 0.0990. The van der Waals surface area contributed by atoms with Crippen LogP contribution in [0, 0.1) is 0 Å². The molecule has 0 spiro atoms. The van der Waals surface area contributed by atoms with Crippen LogP contribution in [0.15, 0.2) is 60.0 Å². The number of benzene rings is 2. The summed E-state index contributed by atoms with van der Waals surface area (Å²) < 4.78 is 17.6. The Morgan fingerprint density at radius 1 is 0.935 bits per heavy atom. The molecule has 3 rings (SSSR count). The minimum Gasteiger partial charge on any atom is -0.481 e. The van der Waals surface area contributed by atoms with Crippen LogP contribution in [0.1, 0.15) is 47.7 Å². The first-order chi connectivity index (χ1) is 22.1. The van der Waals surface area contributed by atoms with Crippen LogP contribution >= 0.6 is 0 Å². The van der Waals surface area contributed by atoms with Crippen LogP contribution in [0.3, 0.4) is 0 Å². The van der Waals surface area contributed by atoms with Gasteiger partial charge in [-0.2, -0.15) is 5.10 Å². The lowest BCUT2D eigenvalue weighted by molar-refractivity contribution is -0.139. The van der Waals surface area contributed by atoms with E-state index >= 15 is 0 Å². The Bertz CT molecular complexity index is 1520. The fourth-order valence-electron chi connectivity index (χ4n) is 4.35. The summed E-state index contributed by atoms with van der Waals surface area (Å²) in [5.41, 5.74) is 0.740. The summed E-state index contributed by atoms with van der Waals surface area (Å²) in [4.78, 5) is 66.4. The molecular weight excluding hydrogens is 620 g/mol. The van der Waals surface area contributed by atoms with Gasteiger partial charge in [0, 0.05) is 19.4 Å². The van der Waals surface area contributed by atoms with E-state index in [2.05, 4.69) is 31.1 Å². The van der Waals surface area contributed by atoms with Gasteiger partial charge in [-0.1, -0.05) is 56.2 Å². The molecule has 0 radical (unpaired) electrons. The first-order valence-corrected chi connectivity index (χ1v) is 15.7. The second-order valence-electron chi connectivity index (χ2n) is 10.2. The van der Waals surface area contributed by atoms with Gasteiger partial charge in [0.2, 0.25) is 22.9 Å². The zero-order chi connectivity index (χ0) is 33.5.